The maximum Gasteiger partial charge on any atom is 0.270 e. The highest BCUT2D eigenvalue weighted by Crippen LogP contribution is 2.16. The van der Waals surface area contributed by atoms with E-state index in [2.05, 4.69) is 10.5 Å². The Hall–Kier alpha value is -2.47. The van der Waals surface area contributed by atoms with Gasteiger partial charge < -0.3 is 10.2 Å². The molecule has 0 fully saturated rings. The Morgan fingerprint density at radius 1 is 1.27 bits per heavy atom. The van der Waals surface area contributed by atoms with Gasteiger partial charge in [-0.3, -0.25) is 4.79 Å². The molecule has 7 heteroatoms. The molecular weight excluding hydrogens is 314 g/mol. The molecule has 0 aliphatic carbocycles. The van der Waals surface area contributed by atoms with Crippen LogP contribution >= 0.6 is 11.6 Å². The molecule has 0 aliphatic heterocycles. The van der Waals surface area contributed by atoms with Crippen LogP contribution in [0.5, 0.6) is 0 Å². The van der Waals surface area contributed by atoms with Crippen molar-refractivity contribution in [1.82, 2.24) is 0 Å². The van der Waals surface area contributed by atoms with E-state index in [4.69, 9.17) is 16.4 Å². The number of oxime groups is 1. The molecule has 0 spiro atoms. The van der Waals surface area contributed by atoms with Crippen molar-refractivity contribution in [1.29, 1.82) is 0 Å². The molecule has 0 heterocycles. The van der Waals surface area contributed by atoms with Gasteiger partial charge in [0, 0.05) is 16.7 Å². The van der Waals surface area contributed by atoms with Crippen molar-refractivity contribution in [2.75, 3.05) is 5.32 Å². The molecule has 22 heavy (non-hydrogen) atoms. The summed E-state index contributed by atoms with van der Waals surface area (Å²) in [7, 11) is 0. The highest BCUT2D eigenvalue weighted by Gasteiger charge is 2.06. The van der Waals surface area contributed by atoms with Crippen LogP contribution in [0.15, 0.2) is 47.6 Å². The standard InChI is InChI=1S/C15H11ClF2N2O2/c16-12-4-2-1-3-10(12)9-22-19-8-15(21)20-14-6-5-11(17)7-13(14)18/h1-8H,9H2,(H,20,21)/b19-8+. The topological polar surface area (TPSA) is 50.7 Å². The summed E-state index contributed by atoms with van der Waals surface area (Å²) in [6.45, 7) is 0.0916. The number of halogens is 3. The monoisotopic (exact) mass is 324 g/mol. The largest absolute Gasteiger partial charge is 0.391 e. The lowest BCUT2D eigenvalue weighted by Crippen LogP contribution is -2.14. The minimum atomic E-state index is -0.876. The molecule has 2 rings (SSSR count). The molecule has 0 saturated carbocycles. The van der Waals surface area contributed by atoms with Gasteiger partial charge in [0.25, 0.3) is 5.91 Å². The third-order valence-corrected chi connectivity index (χ3v) is 2.98. The van der Waals surface area contributed by atoms with Crippen molar-refractivity contribution in [2.24, 2.45) is 5.16 Å². The van der Waals surface area contributed by atoms with E-state index >= 15 is 0 Å². The summed E-state index contributed by atoms with van der Waals surface area (Å²) in [4.78, 5) is 16.4. The number of anilines is 1. The number of hydrogen-bond donors (Lipinski definition) is 1. The smallest absolute Gasteiger partial charge is 0.270 e. The number of amides is 1. The van der Waals surface area contributed by atoms with Crippen LogP contribution in [0.3, 0.4) is 0 Å². The summed E-state index contributed by atoms with van der Waals surface area (Å²) in [5, 5.41) is 6.19. The zero-order valence-corrected chi connectivity index (χ0v) is 12.0. The van der Waals surface area contributed by atoms with Crippen LogP contribution in [0, 0.1) is 11.6 Å². The van der Waals surface area contributed by atoms with Crippen molar-refractivity contribution >= 4 is 29.4 Å². The van der Waals surface area contributed by atoms with Gasteiger partial charge in [-0.1, -0.05) is 35.0 Å². The fraction of sp³-hybridized carbons (Fsp3) is 0.0667. The van der Waals surface area contributed by atoms with Crippen LogP contribution in [-0.4, -0.2) is 12.1 Å². The fourth-order valence-corrected chi connectivity index (χ4v) is 1.75. The van der Waals surface area contributed by atoms with E-state index < -0.39 is 17.5 Å². The Kier molecular flexibility index (Phi) is 5.43. The lowest BCUT2D eigenvalue weighted by Gasteiger charge is -2.04. The first-order chi connectivity index (χ1) is 10.6. The van der Waals surface area contributed by atoms with Crippen molar-refractivity contribution in [3.63, 3.8) is 0 Å². The summed E-state index contributed by atoms with van der Waals surface area (Å²) < 4.78 is 26.0. The first-order valence-corrected chi connectivity index (χ1v) is 6.59. The second kappa shape index (κ2) is 7.51. The van der Waals surface area contributed by atoms with Gasteiger partial charge in [-0.05, 0) is 18.2 Å². The predicted octanol–water partition coefficient (Wildman–Crippen LogP) is 3.76. The zero-order valence-electron chi connectivity index (χ0n) is 11.2. The van der Waals surface area contributed by atoms with E-state index in [0.717, 1.165) is 18.3 Å². The molecule has 0 aromatic heterocycles. The van der Waals surface area contributed by atoms with Gasteiger partial charge in [0.2, 0.25) is 0 Å². The Morgan fingerprint density at radius 2 is 2.05 bits per heavy atom. The molecule has 2 aromatic rings. The Labute approximate surface area is 130 Å². The van der Waals surface area contributed by atoms with Gasteiger partial charge in [-0.2, -0.15) is 0 Å². The van der Waals surface area contributed by atoms with Crippen molar-refractivity contribution < 1.29 is 18.4 Å². The normalized spacial score (nSPS) is 10.7. The van der Waals surface area contributed by atoms with Crippen molar-refractivity contribution in [3.8, 4) is 0 Å². The van der Waals surface area contributed by atoms with Crippen LogP contribution in [0.4, 0.5) is 14.5 Å². The SMILES string of the molecule is O=C(/C=N/OCc1ccccc1Cl)Nc1ccc(F)cc1F. The molecule has 4 nitrogen and oxygen atoms in total. The van der Waals surface area contributed by atoms with E-state index in [-0.39, 0.29) is 12.3 Å². The predicted molar refractivity (Wildman–Crippen MR) is 79.7 cm³/mol. The number of nitrogens with zero attached hydrogens (tertiary/aromatic N) is 1. The van der Waals surface area contributed by atoms with Crippen LogP contribution in [0.2, 0.25) is 5.02 Å². The number of rotatable bonds is 5. The number of carbonyl (C=O) groups excluding carboxylic acids is 1. The van der Waals surface area contributed by atoms with Gasteiger partial charge in [-0.25, -0.2) is 8.78 Å². The molecule has 1 amide bonds. The molecule has 2 aromatic carbocycles. The molecule has 0 aliphatic rings. The van der Waals surface area contributed by atoms with E-state index in [0.29, 0.717) is 16.7 Å². The third kappa shape index (κ3) is 4.53. The Morgan fingerprint density at radius 3 is 2.77 bits per heavy atom. The van der Waals surface area contributed by atoms with Crippen molar-refractivity contribution in [2.45, 2.75) is 6.61 Å². The summed E-state index contributed by atoms with van der Waals surface area (Å²) in [6.07, 6.45) is 0.847. The molecule has 0 atom stereocenters. The molecular formula is C15H11ClF2N2O2. The summed E-state index contributed by atoms with van der Waals surface area (Å²) in [5.41, 5.74) is 0.565. The Bertz CT molecular complexity index is 708. The van der Waals surface area contributed by atoms with Gasteiger partial charge in [0.1, 0.15) is 24.5 Å². The fourth-order valence-electron chi connectivity index (χ4n) is 1.56. The molecule has 1 N–H and O–H groups in total. The number of benzene rings is 2. The van der Waals surface area contributed by atoms with E-state index in [1.807, 2.05) is 0 Å². The maximum atomic E-state index is 13.3. The van der Waals surface area contributed by atoms with Crippen LogP contribution in [0.1, 0.15) is 5.56 Å². The first kappa shape index (κ1) is 15.9. The summed E-state index contributed by atoms with van der Waals surface area (Å²) in [6, 6.07) is 9.84. The highest BCUT2D eigenvalue weighted by atomic mass is 35.5. The van der Waals surface area contributed by atoms with Gasteiger partial charge in [-0.15, -0.1) is 0 Å². The van der Waals surface area contributed by atoms with E-state index in [1.165, 1.54) is 0 Å². The molecule has 0 saturated heterocycles. The third-order valence-electron chi connectivity index (χ3n) is 2.61. The second-order valence-corrected chi connectivity index (χ2v) is 4.62. The van der Waals surface area contributed by atoms with Crippen molar-refractivity contribution in [3.05, 3.63) is 64.7 Å². The quantitative estimate of drug-likeness (QED) is 0.672. The number of nitrogens with one attached hydrogen (secondary N) is 1. The minimum absolute atomic E-state index is 0.0916. The minimum Gasteiger partial charge on any atom is -0.391 e. The van der Waals surface area contributed by atoms with Crippen LogP contribution in [-0.2, 0) is 16.2 Å². The summed E-state index contributed by atoms with van der Waals surface area (Å²) >= 11 is 5.92. The lowest BCUT2D eigenvalue weighted by atomic mass is 10.2. The molecule has 0 radical (unpaired) electrons. The zero-order chi connectivity index (χ0) is 15.9. The highest BCUT2D eigenvalue weighted by molar-refractivity contribution is 6.31. The van der Waals surface area contributed by atoms with E-state index in [1.54, 1.807) is 24.3 Å². The first-order valence-electron chi connectivity index (χ1n) is 6.21. The summed E-state index contributed by atoms with van der Waals surface area (Å²) in [5.74, 6) is -2.31. The van der Waals surface area contributed by atoms with Gasteiger partial charge in [0.15, 0.2) is 0 Å². The second-order valence-electron chi connectivity index (χ2n) is 4.21. The van der Waals surface area contributed by atoms with E-state index in [9.17, 15) is 13.6 Å². The average molecular weight is 325 g/mol. The maximum absolute atomic E-state index is 13.3. The van der Waals surface area contributed by atoms with Gasteiger partial charge >= 0.3 is 0 Å². The Balaban J connectivity index is 1.85. The average Bonchev–Trinajstić information content (AvgIpc) is 2.48. The molecule has 0 bridgehead atoms. The van der Waals surface area contributed by atoms with Crippen LogP contribution in [0.25, 0.3) is 0 Å². The van der Waals surface area contributed by atoms with Gasteiger partial charge in [0.05, 0.1) is 5.69 Å². The van der Waals surface area contributed by atoms with Crippen LogP contribution < -0.4 is 5.32 Å². The number of hydrogen-bond acceptors (Lipinski definition) is 3. The molecule has 114 valence electrons. The lowest BCUT2D eigenvalue weighted by molar-refractivity contribution is -0.110. The molecule has 0 unspecified atom stereocenters. The number of carbonyl (C=O) groups is 1.